The third-order valence-corrected chi connectivity index (χ3v) is 5.49. The van der Waals surface area contributed by atoms with E-state index in [0.717, 1.165) is 27.6 Å². The van der Waals surface area contributed by atoms with Crippen molar-refractivity contribution in [2.24, 2.45) is 0 Å². The van der Waals surface area contributed by atoms with Crippen LogP contribution in [0.15, 0.2) is 85.1 Å². The Morgan fingerprint density at radius 3 is 2.45 bits per heavy atom. The van der Waals surface area contributed by atoms with E-state index in [9.17, 15) is 9.59 Å². The first-order valence-corrected chi connectivity index (χ1v) is 10.8. The molecule has 0 aliphatic heterocycles. The molecule has 1 heterocycles. The zero-order chi connectivity index (χ0) is 23.0. The van der Waals surface area contributed by atoms with Crippen molar-refractivity contribution in [2.75, 3.05) is 13.7 Å². The molecule has 1 aromatic heterocycles. The van der Waals surface area contributed by atoms with Crippen molar-refractivity contribution in [2.45, 2.75) is 18.9 Å². The smallest absolute Gasteiger partial charge is 0.328 e. The minimum absolute atomic E-state index is 0.201. The second-order valence-electron chi connectivity index (χ2n) is 7.77. The summed E-state index contributed by atoms with van der Waals surface area (Å²) in [6.07, 6.45) is 2.86. The fourth-order valence-electron chi connectivity index (χ4n) is 3.84. The number of H-pyrrole nitrogens is 1. The molecule has 168 valence electrons. The maximum Gasteiger partial charge on any atom is 0.328 e. The second-order valence-corrected chi connectivity index (χ2v) is 7.77. The van der Waals surface area contributed by atoms with E-state index in [0.29, 0.717) is 18.6 Å². The van der Waals surface area contributed by atoms with Crippen molar-refractivity contribution in [1.82, 2.24) is 10.3 Å². The number of hydrogen-bond acceptors (Lipinski definition) is 4. The Bertz CT molecular complexity index is 1230. The molecule has 0 aliphatic rings. The van der Waals surface area contributed by atoms with Gasteiger partial charge >= 0.3 is 5.97 Å². The Morgan fingerprint density at radius 1 is 0.909 bits per heavy atom. The molecule has 0 fully saturated rings. The summed E-state index contributed by atoms with van der Waals surface area (Å²) in [7, 11) is 1.31. The topological polar surface area (TPSA) is 80.4 Å². The molecule has 1 atom stereocenters. The highest BCUT2D eigenvalue weighted by Gasteiger charge is 2.23. The highest BCUT2D eigenvalue weighted by molar-refractivity contribution is 5.87. The molecule has 0 saturated heterocycles. The van der Waals surface area contributed by atoms with Gasteiger partial charge in [0.25, 0.3) is 5.91 Å². The molecule has 0 saturated carbocycles. The Balaban J connectivity index is 1.41. The second kappa shape index (κ2) is 10.5. The molecule has 0 spiro atoms. The van der Waals surface area contributed by atoms with Crippen LogP contribution in [-0.2, 0) is 27.2 Å². The van der Waals surface area contributed by atoms with E-state index in [1.54, 1.807) is 0 Å². The maximum absolute atomic E-state index is 12.7. The van der Waals surface area contributed by atoms with E-state index in [-0.39, 0.29) is 12.5 Å². The number of carbonyl (C=O) groups is 2. The van der Waals surface area contributed by atoms with Gasteiger partial charge in [0, 0.05) is 29.9 Å². The average Bonchev–Trinajstić information content (AvgIpc) is 3.26. The van der Waals surface area contributed by atoms with Gasteiger partial charge in [0.1, 0.15) is 11.8 Å². The molecule has 6 nitrogen and oxygen atoms in total. The Kier molecular flexibility index (Phi) is 7.05. The summed E-state index contributed by atoms with van der Waals surface area (Å²) >= 11 is 0. The summed E-state index contributed by atoms with van der Waals surface area (Å²) < 4.78 is 10.7. The van der Waals surface area contributed by atoms with E-state index in [1.807, 2.05) is 72.9 Å². The molecule has 3 aromatic carbocycles. The van der Waals surface area contributed by atoms with Gasteiger partial charge in [0.05, 0.1) is 7.11 Å². The van der Waals surface area contributed by atoms with Gasteiger partial charge in [-0.15, -0.1) is 0 Å². The molecule has 4 rings (SSSR count). The Morgan fingerprint density at radius 2 is 1.64 bits per heavy atom. The third kappa shape index (κ3) is 5.60. The monoisotopic (exact) mass is 442 g/mol. The zero-order valence-electron chi connectivity index (χ0n) is 18.4. The van der Waals surface area contributed by atoms with Crippen LogP contribution >= 0.6 is 0 Å². The summed E-state index contributed by atoms with van der Waals surface area (Å²) in [6.45, 7) is -0.201. The van der Waals surface area contributed by atoms with E-state index < -0.39 is 12.0 Å². The van der Waals surface area contributed by atoms with Crippen molar-refractivity contribution in [3.63, 3.8) is 0 Å². The Labute approximate surface area is 192 Å². The molecular weight excluding hydrogens is 416 g/mol. The fourth-order valence-corrected chi connectivity index (χ4v) is 3.84. The van der Waals surface area contributed by atoms with Gasteiger partial charge in [0.15, 0.2) is 6.61 Å². The van der Waals surface area contributed by atoms with Crippen LogP contribution in [0.4, 0.5) is 0 Å². The SMILES string of the molecule is COC(=O)C(Cc1c[nH]c2ccccc12)NC(=O)COc1ccccc1Cc1ccccc1. The number of aromatic nitrogens is 1. The lowest BCUT2D eigenvalue weighted by atomic mass is 10.0. The zero-order valence-corrected chi connectivity index (χ0v) is 18.4. The summed E-state index contributed by atoms with van der Waals surface area (Å²) in [5.41, 5.74) is 4.04. The molecule has 2 N–H and O–H groups in total. The van der Waals surface area contributed by atoms with Gasteiger partial charge in [-0.1, -0.05) is 66.7 Å². The fraction of sp³-hybridized carbons (Fsp3) is 0.185. The maximum atomic E-state index is 12.7. The van der Waals surface area contributed by atoms with E-state index in [2.05, 4.69) is 22.4 Å². The lowest BCUT2D eigenvalue weighted by Gasteiger charge is -2.17. The van der Waals surface area contributed by atoms with Gasteiger partial charge in [-0.05, 0) is 28.8 Å². The van der Waals surface area contributed by atoms with E-state index in [4.69, 9.17) is 9.47 Å². The van der Waals surface area contributed by atoms with Gasteiger partial charge in [-0.25, -0.2) is 4.79 Å². The number of para-hydroxylation sites is 2. The minimum Gasteiger partial charge on any atom is -0.483 e. The van der Waals surface area contributed by atoms with Crippen molar-refractivity contribution in [1.29, 1.82) is 0 Å². The van der Waals surface area contributed by atoms with Crippen LogP contribution in [0, 0.1) is 0 Å². The predicted octanol–water partition coefficient (Wildman–Crippen LogP) is 4.04. The van der Waals surface area contributed by atoms with Gasteiger partial charge in [-0.3, -0.25) is 4.79 Å². The van der Waals surface area contributed by atoms with Crippen LogP contribution in [0.5, 0.6) is 5.75 Å². The number of ether oxygens (including phenoxy) is 2. The lowest BCUT2D eigenvalue weighted by molar-refractivity contribution is -0.145. The number of benzene rings is 3. The number of rotatable bonds is 9. The number of fused-ring (bicyclic) bond motifs is 1. The summed E-state index contributed by atoms with van der Waals surface area (Å²) in [5.74, 6) is -0.249. The number of aromatic amines is 1. The van der Waals surface area contributed by atoms with E-state index in [1.165, 1.54) is 7.11 Å². The Hall–Kier alpha value is -4.06. The van der Waals surface area contributed by atoms with Crippen LogP contribution in [0.3, 0.4) is 0 Å². The number of methoxy groups -OCH3 is 1. The molecule has 33 heavy (non-hydrogen) atoms. The summed E-state index contributed by atoms with van der Waals surface area (Å²) in [5, 5.41) is 3.76. The van der Waals surface area contributed by atoms with Gasteiger partial charge < -0.3 is 19.8 Å². The van der Waals surface area contributed by atoms with Crippen LogP contribution in [0.1, 0.15) is 16.7 Å². The molecule has 0 bridgehead atoms. The molecule has 0 aliphatic carbocycles. The quantitative estimate of drug-likeness (QED) is 0.384. The molecule has 1 unspecified atom stereocenters. The van der Waals surface area contributed by atoms with Crippen LogP contribution in [-0.4, -0.2) is 36.6 Å². The summed E-state index contributed by atoms with van der Waals surface area (Å²) in [6, 6.07) is 24.7. The first kappa shape index (κ1) is 22.1. The molecule has 4 aromatic rings. The summed E-state index contributed by atoms with van der Waals surface area (Å²) in [4.78, 5) is 28.2. The largest absolute Gasteiger partial charge is 0.483 e. The minimum atomic E-state index is -0.815. The number of carbonyl (C=O) groups excluding carboxylic acids is 2. The highest BCUT2D eigenvalue weighted by Crippen LogP contribution is 2.22. The van der Waals surface area contributed by atoms with Crippen LogP contribution < -0.4 is 10.1 Å². The lowest BCUT2D eigenvalue weighted by Crippen LogP contribution is -2.44. The van der Waals surface area contributed by atoms with Crippen LogP contribution in [0.2, 0.25) is 0 Å². The predicted molar refractivity (Wildman–Crippen MR) is 127 cm³/mol. The highest BCUT2D eigenvalue weighted by atomic mass is 16.5. The van der Waals surface area contributed by atoms with Crippen molar-refractivity contribution in [3.8, 4) is 5.75 Å². The normalized spacial score (nSPS) is 11.7. The number of nitrogens with one attached hydrogen (secondary N) is 2. The number of hydrogen-bond donors (Lipinski definition) is 2. The first-order chi connectivity index (χ1) is 16.1. The molecule has 1 amide bonds. The number of esters is 1. The van der Waals surface area contributed by atoms with Crippen molar-refractivity contribution >= 4 is 22.8 Å². The standard InChI is InChI=1S/C27H26N2O4/c1-32-27(31)24(16-21-17-28-23-13-7-6-12-22(21)23)29-26(30)18-33-25-14-8-5-11-20(25)15-19-9-3-2-4-10-19/h2-14,17,24,28H,15-16,18H2,1H3,(H,29,30). The van der Waals surface area contributed by atoms with Crippen molar-refractivity contribution < 1.29 is 19.1 Å². The average molecular weight is 443 g/mol. The van der Waals surface area contributed by atoms with Gasteiger partial charge in [-0.2, -0.15) is 0 Å². The van der Waals surface area contributed by atoms with Gasteiger partial charge in [0.2, 0.25) is 0 Å². The molecule has 6 heteroatoms. The molecule has 0 radical (unpaired) electrons. The first-order valence-electron chi connectivity index (χ1n) is 10.8. The molecular formula is C27H26N2O4. The van der Waals surface area contributed by atoms with Crippen molar-refractivity contribution in [3.05, 3.63) is 102 Å². The van der Waals surface area contributed by atoms with Crippen LogP contribution in [0.25, 0.3) is 10.9 Å². The number of amides is 1. The van der Waals surface area contributed by atoms with E-state index >= 15 is 0 Å². The third-order valence-electron chi connectivity index (χ3n) is 5.49.